The minimum Gasteiger partial charge on any atom is -0.481 e. The van der Waals surface area contributed by atoms with Gasteiger partial charge in [-0.15, -0.1) is 0 Å². The number of carboxylic acids is 2. The van der Waals surface area contributed by atoms with Gasteiger partial charge in [-0.25, -0.2) is 0 Å². The van der Waals surface area contributed by atoms with Gasteiger partial charge in [-0.1, -0.05) is 207 Å². The molecule has 0 saturated heterocycles. The molecule has 8 heteroatoms. The van der Waals surface area contributed by atoms with Gasteiger partial charge < -0.3 is 20.8 Å². The van der Waals surface area contributed by atoms with Gasteiger partial charge >= 0.3 is 0 Å². The van der Waals surface area contributed by atoms with E-state index in [-0.39, 0.29) is 40.8 Å². The summed E-state index contributed by atoms with van der Waals surface area (Å²) >= 11 is 0. The molecule has 0 rings (SSSR count). The standard InChI is InChI=1S/2C20H43N.2C2H4O2.2Pd/c2*1-3-5-7-9-11-13-15-17-19-21-20-18-16-14-12-10-8-6-4-2;2*1-2(3)4;;/h2*21H,3-20H2,1-2H3;2*1H3,(H,3,4);;. The Hall–Kier alpha value is 0.185. The largest absolute Gasteiger partial charge is 0.481 e. The fourth-order valence-electron chi connectivity index (χ4n) is 5.79. The van der Waals surface area contributed by atoms with Crippen molar-refractivity contribution in [3.05, 3.63) is 0 Å². The van der Waals surface area contributed by atoms with Crippen LogP contribution < -0.4 is 10.6 Å². The molecule has 0 heterocycles. The summed E-state index contributed by atoms with van der Waals surface area (Å²) < 4.78 is 0. The summed E-state index contributed by atoms with van der Waals surface area (Å²) in [6.45, 7) is 16.3. The smallest absolute Gasteiger partial charge is 0.300 e. The Bertz CT molecular complexity index is 507. The van der Waals surface area contributed by atoms with E-state index in [0.29, 0.717) is 0 Å². The molecular weight excluding hydrogens is 833 g/mol. The molecule has 0 fully saturated rings. The SMILES string of the molecule is CC(=O)O.CC(=O)O.CCCCCCCCCCNCCCCCCCCCC.CCCCCCCCCCNCCCCCCCCCC.[Pd].[Pd]. The van der Waals surface area contributed by atoms with Crippen molar-refractivity contribution >= 4 is 11.9 Å². The van der Waals surface area contributed by atoms with E-state index in [0.717, 1.165) is 13.8 Å². The van der Waals surface area contributed by atoms with Crippen molar-refractivity contribution in [2.45, 2.75) is 247 Å². The van der Waals surface area contributed by atoms with E-state index in [4.69, 9.17) is 19.8 Å². The molecule has 0 unspecified atom stereocenters. The first-order chi connectivity index (χ1) is 24.3. The van der Waals surface area contributed by atoms with Crippen molar-refractivity contribution in [2.75, 3.05) is 26.2 Å². The predicted molar refractivity (Wildman–Crippen MR) is 223 cm³/mol. The Morgan fingerprint density at radius 3 is 0.558 bits per heavy atom. The number of carbonyl (C=O) groups is 2. The van der Waals surface area contributed by atoms with Crippen LogP contribution >= 0.6 is 0 Å². The first kappa shape index (κ1) is 64.1. The molecular formula is C44H94N2O4Pd2. The number of rotatable bonds is 36. The first-order valence-corrected chi connectivity index (χ1v) is 22.1. The van der Waals surface area contributed by atoms with E-state index in [9.17, 15) is 0 Å². The molecule has 0 radical (unpaired) electrons. The molecule has 0 aromatic heterocycles. The van der Waals surface area contributed by atoms with E-state index in [1.165, 1.54) is 232 Å². The van der Waals surface area contributed by atoms with Gasteiger partial charge in [0.25, 0.3) is 11.9 Å². The second kappa shape index (κ2) is 66.0. The summed E-state index contributed by atoms with van der Waals surface area (Å²) in [5.74, 6) is -1.67. The molecule has 0 aromatic rings. The topological polar surface area (TPSA) is 98.7 Å². The molecule has 4 N–H and O–H groups in total. The van der Waals surface area contributed by atoms with E-state index in [1.54, 1.807) is 0 Å². The Labute approximate surface area is 354 Å². The third kappa shape index (κ3) is 92.7. The molecule has 0 aliphatic rings. The maximum atomic E-state index is 9.00. The van der Waals surface area contributed by atoms with Gasteiger partial charge in [-0.3, -0.25) is 9.59 Å². The van der Waals surface area contributed by atoms with Crippen LogP contribution in [0.1, 0.15) is 247 Å². The second-order valence-electron chi connectivity index (χ2n) is 14.4. The monoisotopic (exact) mass is 927 g/mol. The Morgan fingerprint density at radius 1 is 0.308 bits per heavy atom. The second-order valence-corrected chi connectivity index (χ2v) is 14.4. The molecule has 0 saturated carbocycles. The zero-order chi connectivity index (χ0) is 38.0. The molecule has 0 aliphatic heterocycles. The van der Waals surface area contributed by atoms with Crippen LogP contribution in [0.3, 0.4) is 0 Å². The maximum Gasteiger partial charge on any atom is 0.300 e. The normalized spacial score (nSPS) is 9.96. The predicted octanol–water partition coefficient (Wildman–Crippen LogP) is 13.9. The van der Waals surface area contributed by atoms with Gasteiger partial charge in [0.1, 0.15) is 0 Å². The Morgan fingerprint density at radius 2 is 0.423 bits per heavy atom. The van der Waals surface area contributed by atoms with Gasteiger partial charge in [0.2, 0.25) is 0 Å². The third-order valence-electron chi connectivity index (χ3n) is 8.83. The summed E-state index contributed by atoms with van der Waals surface area (Å²) in [5, 5.41) is 22.0. The minimum atomic E-state index is -0.833. The van der Waals surface area contributed by atoms with Crippen molar-refractivity contribution < 1.29 is 60.6 Å². The number of hydrogen-bond acceptors (Lipinski definition) is 4. The van der Waals surface area contributed by atoms with E-state index < -0.39 is 11.9 Å². The summed E-state index contributed by atoms with van der Waals surface area (Å²) in [6, 6.07) is 0. The fraction of sp³-hybridized carbons (Fsp3) is 0.955. The molecule has 324 valence electrons. The number of hydrogen-bond donors (Lipinski definition) is 4. The number of carboxylic acid groups (broad SMARTS) is 2. The van der Waals surface area contributed by atoms with Crippen molar-refractivity contribution in [1.29, 1.82) is 0 Å². The average Bonchev–Trinajstić information content (AvgIpc) is 3.07. The third-order valence-corrected chi connectivity index (χ3v) is 8.83. The molecule has 0 amide bonds. The van der Waals surface area contributed by atoms with Crippen LogP contribution in [-0.4, -0.2) is 48.3 Å². The van der Waals surface area contributed by atoms with Gasteiger partial charge in [-0.2, -0.15) is 0 Å². The van der Waals surface area contributed by atoms with E-state index in [1.807, 2.05) is 0 Å². The van der Waals surface area contributed by atoms with E-state index in [2.05, 4.69) is 38.3 Å². The van der Waals surface area contributed by atoms with Crippen LogP contribution in [0.5, 0.6) is 0 Å². The molecule has 0 spiro atoms. The molecule has 0 bridgehead atoms. The van der Waals surface area contributed by atoms with Crippen LogP contribution in [-0.2, 0) is 50.4 Å². The summed E-state index contributed by atoms with van der Waals surface area (Å²) in [6.07, 6.45) is 45.7. The number of aliphatic carboxylic acids is 2. The molecule has 0 aliphatic carbocycles. The van der Waals surface area contributed by atoms with Crippen LogP contribution in [0.15, 0.2) is 0 Å². The minimum absolute atomic E-state index is 0. The zero-order valence-corrected chi connectivity index (χ0v) is 38.9. The van der Waals surface area contributed by atoms with Crippen LogP contribution in [0, 0.1) is 0 Å². The van der Waals surface area contributed by atoms with Gasteiger partial charge in [0.15, 0.2) is 0 Å². The van der Waals surface area contributed by atoms with Crippen molar-refractivity contribution in [3.63, 3.8) is 0 Å². The summed E-state index contributed by atoms with van der Waals surface area (Å²) in [7, 11) is 0. The van der Waals surface area contributed by atoms with Crippen molar-refractivity contribution in [3.8, 4) is 0 Å². The number of nitrogens with one attached hydrogen (secondary N) is 2. The molecule has 52 heavy (non-hydrogen) atoms. The van der Waals surface area contributed by atoms with Crippen LogP contribution in [0.2, 0.25) is 0 Å². The molecule has 0 aromatic carbocycles. The fourth-order valence-corrected chi connectivity index (χ4v) is 5.79. The molecule has 0 atom stereocenters. The van der Waals surface area contributed by atoms with Crippen LogP contribution in [0.4, 0.5) is 0 Å². The average molecular weight is 928 g/mol. The Balaban J connectivity index is -0.000000163. The Kier molecular flexibility index (Phi) is 81.4. The maximum absolute atomic E-state index is 9.00. The first-order valence-electron chi connectivity index (χ1n) is 22.1. The van der Waals surface area contributed by atoms with Crippen LogP contribution in [0.25, 0.3) is 0 Å². The molecule has 6 nitrogen and oxygen atoms in total. The zero-order valence-electron chi connectivity index (χ0n) is 35.8. The number of unbranched alkanes of at least 4 members (excludes halogenated alkanes) is 28. The summed E-state index contributed by atoms with van der Waals surface area (Å²) in [5.41, 5.74) is 0. The van der Waals surface area contributed by atoms with Gasteiger partial charge in [0.05, 0.1) is 0 Å². The van der Waals surface area contributed by atoms with Crippen molar-refractivity contribution in [2.24, 2.45) is 0 Å². The van der Waals surface area contributed by atoms with E-state index >= 15 is 0 Å². The van der Waals surface area contributed by atoms with Gasteiger partial charge in [0, 0.05) is 54.7 Å². The quantitative estimate of drug-likeness (QED) is 0.0369. The van der Waals surface area contributed by atoms with Crippen molar-refractivity contribution in [1.82, 2.24) is 10.6 Å². The van der Waals surface area contributed by atoms with Gasteiger partial charge in [-0.05, 0) is 51.9 Å². The summed E-state index contributed by atoms with van der Waals surface area (Å²) in [4.78, 5) is 18.0.